The van der Waals surface area contributed by atoms with Crippen molar-refractivity contribution in [2.75, 3.05) is 7.11 Å². The maximum absolute atomic E-state index is 12.1. The van der Waals surface area contributed by atoms with Crippen LogP contribution in [0.2, 0.25) is 0 Å². The molecule has 5 heteroatoms. The van der Waals surface area contributed by atoms with Gasteiger partial charge in [0.15, 0.2) is 0 Å². The van der Waals surface area contributed by atoms with Gasteiger partial charge in [0.1, 0.15) is 6.33 Å². The van der Waals surface area contributed by atoms with Crippen molar-refractivity contribution in [3.05, 3.63) is 18.1 Å². The monoisotopic (exact) mass is 160 g/mol. The Morgan fingerprint density at radius 1 is 1.55 bits per heavy atom. The first-order valence-corrected chi connectivity index (χ1v) is 2.87. The second kappa shape index (κ2) is 3.23. The molecule has 0 N–H and O–H groups in total. The van der Waals surface area contributed by atoms with Crippen molar-refractivity contribution in [3.8, 4) is 5.88 Å². The average Bonchev–Trinajstić information content (AvgIpc) is 2.04. The number of aromatic nitrogens is 2. The summed E-state index contributed by atoms with van der Waals surface area (Å²) in [7, 11) is 1.29. The molecule has 1 heterocycles. The van der Waals surface area contributed by atoms with Crippen LogP contribution in [0, 0.1) is 0 Å². The fraction of sp³-hybridized carbons (Fsp3) is 0.333. The molecule has 60 valence electrons. The van der Waals surface area contributed by atoms with Crippen LogP contribution >= 0.6 is 0 Å². The molecule has 0 atom stereocenters. The van der Waals surface area contributed by atoms with Crippen LogP contribution in [-0.4, -0.2) is 17.1 Å². The zero-order valence-electron chi connectivity index (χ0n) is 5.79. The lowest BCUT2D eigenvalue weighted by Gasteiger charge is -2.03. The Kier molecular flexibility index (Phi) is 2.30. The van der Waals surface area contributed by atoms with Gasteiger partial charge >= 0.3 is 0 Å². The lowest BCUT2D eigenvalue weighted by atomic mass is 10.3. The lowest BCUT2D eigenvalue weighted by Crippen LogP contribution is -1.95. The Bertz CT molecular complexity index is 242. The molecule has 0 unspecified atom stereocenters. The Morgan fingerprint density at radius 3 is 2.73 bits per heavy atom. The number of ether oxygens (including phenoxy) is 1. The highest BCUT2D eigenvalue weighted by Gasteiger charge is 2.13. The van der Waals surface area contributed by atoms with Crippen molar-refractivity contribution in [2.24, 2.45) is 0 Å². The third-order valence-electron chi connectivity index (χ3n) is 1.13. The molecule has 3 nitrogen and oxygen atoms in total. The molecule has 0 aliphatic carbocycles. The number of rotatable bonds is 2. The summed E-state index contributed by atoms with van der Waals surface area (Å²) in [6.45, 7) is 0. The van der Waals surface area contributed by atoms with Crippen LogP contribution in [0.4, 0.5) is 8.78 Å². The minimum atomic E-state index is -2.59. The fourth-order valence-electron chi connectivity index (χ4n) is 0.649. The second-order valence-electron chi connectivity index (χ2n) is 1.79. The first kappa shape index (κ1) is 7.84. The van der Waals surface area contributed by atoms with Gasteiger partial charge in [0.2, 0.25) is 5.88 Å². The normalized spacial score (nSPS) is 10.2. The minimum Gasteiger partial charge on any atom is -0.481 e. The summed E-state index contributed by atoms with van der Waals surface area (Å²) < 4.78 is 28.7. The standard InChI is InChI=1S/C6H6F2N2O/c1-11-6-4(5(7)8)2-9-3-10-6/h2-3,5H,1H3. The van der Waals surface area contributed by atoms with Gasteiger partial charge < -0.3 is 4.74 Å². The fourth-order valence-corrected chi connectivity index (χ4v) is 0.649. The van der Waals surface area contributed by atoms with E-state index in [0.717, 1.165) is 12.5 Å². The van der Waals surface area contributed by atoms with Gasteiger partial charge in [-0.05, 0) is 0 Å². The predicted molar refractivity (Wildman–Crippen MR) is 33.5 cm³/mol. The largest absolute Gasteiger partial charge is 0.481 e. The van der Waals surface area contributed by atoms with Crippen molar-refractivity contribution in [1.82, 2.24) is 9.97 Å². The smallest absolute Gasteiger partial charge is 0.270 e. The third kappa shape index (κ3) is 1.60. The van der Waals surface area contributed by atoms with E-state index in [1.807, 2.05) is 0 Å². The van der Waals surface area contributed by atoms with Gasteiger partial charge in [-0.25, -0.2) is 18.7 Å². The van der Waals surface area contributed by atoms with E-state index in [1.54, 1.807) is 0 Å². The van der Waals surface area contributed by atoms with Gasteiger partial charge in [-0.1, -0.05) is 0 Å². The number of nitrogens with zero attached hydrogens (tertiary/aromatic N) is 2. The Morgan fingerprint density at radius 2 is 2.27 bits per heavy atom. The molecular formula is C6H6F2N2O. The molecule has 0 saturated carbocycles. The van der Waals surface area contributed by atoms with Crippen molar-refractivity contribution >= 4 is 0 Å². The van der Waals surface area contributed by atoms with Gasteiger partial charge in [0.25, 0.3) is 6.43 Å². The number of halogens is 2. The molecule has 0 bridgehead atoms. The van der Waals surface area contributed by atoms with Gasteiger partial charge in [0.05, 0.1) is 12.7 Å². The van der Waals surface area contributed by atoms with Crippen molar-refractivity contribution < 1.29 is 13.5 Å². The molecule has 0 aromatic carbocycles. The summed E-state index contributed by atoms with van der Waals surface area (Å²) in [4.78, 5) is 6.95. The van der Waals surface area contributed by atoms with E-state index in [-0.39, 0.29) is 11.4 Å². The zero-order chi connectivity index (χ0) is 8.27. The SMILES string of the molecule is COc1ncncc1C(F)F. The van der Waals surface area contributed by atoms with Gasteiger partial charge in [-0.15, -0.1) is 0 Å². The van der Waals surface area contributed by atoms with Crippen molar-refractivity contribution in [2.45, 2.75) is 6.43 Å². The van der Waals surface area contributed by atoms with E-state index in [4.69, 9.17) is 0 Å². The van der Waals surface area contributed by atoms with Crippen LogP contribution in [0.5, 0.6) is 5.88 Å². The van der Waals surface area contributed by atoms with Crippen LogP contribution in [0.25, 0.3) is 0 Å². The predicted octanol–water partition coefficient (Wildman–Crippen LogP) is 1.42. The van der Waals surface area contributed by atoms with E-state index in [0.29, 0.717) is 0 Å². The Hall–Kier alpha value is -1.26. The molecule has 0 aliphatic rings. The van der Waals surface area contributed by atoms with E-state index < -0.39 is 6.43 Å². The first-order chi connectivity index (χ1) is 5.25. The average molecular weight is 160 g/mol. The molecule has 1 rings (SSSR count). The molecule has 0 aliphatic heterocycles. The zero-order valence-corrected chi connectivity index (χ0v) is 5.79. The quantitative estimate of drug-likeness (QED) is 0.656. The number of hydrogen-bond donors (Lipinski definition) is 0. The minimum absolute atomic E-state index is 0.0741. The van der Waals surface area contributed by atoms with E-state index in [9.17, 15) is 8.78 Å². The molecule has 0 saturated heterocycles. The topological polar surface area (TPSA) is 35.0 Å². The highest BCUT2D eigenvalue weighted by molar-refractivity contribution is 5.22. The van der Waals surface area contributed by atoms with Crippen LogP contribution in [0.3, 0.4) is 0 Å². The molecule has 0 spiro atoms. The molecule has 0 radical (unpaired) electrons. The summed E-state index contributed by atoms with van der Waals surface area (Å²) in [5, 5.41) is 0. The number of alkyl halides is 2. The summed E-state index contributed by atoms with van der Waals surface area (Å²) >= 11 is 0. The summed E-state index contributed by atoms with van der Waals surface area (Å²) in [6.07, 6.45) is -0.396. The maximum atomic E-state index is 12.1. The number of hydrogen-bond acceptors (Lipinski definition) is 3. The Labute approximate surface area is 62.0 Å². The van der Waals surface area contributed by atoms with Crippen molar-refractivity contribution in [1.29, 1.82) is 0 Å². The molecule has 0 fully saturated rings. The third-order valence-corrected chi connectivity index (χ3v) is 1.13. The molecular weight excluding hydrogens is 154 g/mol. The van der Waals surface area contributed by atoms with E-state index in [2.05, 4.69) is 14.7 Å². The van der Waals surface area contributed by atoms with Crippen LogP contribution in [0.15, 0.2) is 12.5 Å². The molecule has 0 amide bonds. The van der Waals surface area contributed by atoms with Gasteiger partial charge in [-0.3, -0.25) is 0 Å². The second-order valence-corrected chi connectivity index (χ2v) is 1.79. The Balaban J connectivity index is 3.02. The molecule has 1 aromatic heterocycles. The van der Waals surface area contributed by atoms with E-state index in [1.165, 1.54) is 7.11 Å². The van der Waals surface area contributed by atoms with Crippen molar-refractivity contribution in [3.63, 3.8) is 0 Å². The summed E-state index contributed by atoms with van der Waals surface area (Å²) in [5.74, 6) is -0.0741. The summed E-state index contributed by atoms with van der Waals surface area (Å²) in [5.41, 5.74) is -0.282. The number of methoxy groups -OCH3 is 1. The van der Waals surface area contributed by atoms with Crippen LogP contribution in [-0.2, 0) is 0 Å². The highest BCUT2D eigenvalue weighted by atomic mass is 19.3. The highest BCUT2D eigenvalue weighted by Crippen LogP contribution is 2.24. The van der Waals surface area contributed by atoms with Gasteiger partial charge in [0, 0.05) is 6.20 Å². The molecule has 1 aromatic rings. The maximum Gasteiger partial charge on any atom is 0.270 e. The lowest BCUT2D eigenvalue weighted by molar-refractivity contribution is 0.145. The molecule has 11 heavy (non-hydrogen) atoms. The van der Waals surface area contributed by atoms with Gasteiger partial charge in [-0.2, -0.15) is 0 Å². The van der Waals surface area contributed by atoms with E-state index >= 15 is 0 Å². The summed E-state index contributed by atoms with van der Waals surface area (Å²) in [6, 6.07) is 0. The van der Waals surface area contributed by atoms with Crippen LogP contribution < -0.4 is 4.74 Å². The van der Waals surface area contributed by atoms with Crippen LogP contribution in [0.1, 0.15) is 12.0 Å². The first-order valence-electron chi connectivity index (χ1n) is 2.87.